The first-order valence-electron chi connectivity index (χ1n) is 12.5. The van der Waals surface area contributed by atoms with Gasteiger partial charge in [0.1, 0.15) is 5.82 Å². The van der Waals surface area contributed by atoms with E-state index in [-0.39, 0.29) is 23.2 Å². The quantitative estimate of drug-likeness (QED) is 0.489. The lowest BCUT2D eigenvalue weighted by Crippen LogP contribution is -2.38. The molecular formula is C28H38FN3O. The molecule has 0 bridgehead atoms. The summed E-state index contributed by atoms with van der Waals surface area (Å²) >= 11 is 0. The summed E-state index contributed by atoms with van der Waals surface area (Å²) in [6.45, 7) is 10.8. The van der Waals surface area contributed by atoms with Crippen molar-refractivity contribution in [3.05, 3.63) is 58.7 Å². The number of nitrogens with zero attached hydrogens (tertiary/aromatic N) is 2. The predicted molar refractivity (Wildman–Crippen MR) is 131 cm³/mol. The van der Waals surface area contributed by atoms with Gasteiger partial charge in [0.2, 0.25) is 5.91 Å². The summed E-state index contributed by atoms with van der Waals surface area (Å²) in [6.07, 6.45) is 8.88. The number of hydrogen-bond acceptors (Lipinski definition) is 2. The van der Waals surface area contributed by atoms with Gasteiger partial charge in [0, 0.05) is 30.4 Å². The fourth-order valence-corrected chi connectivity index (χ4v) is 5.83. The highest BCUT2D eigenvalue weighted by Gasteiger charge is 2.37. The second-order valence-electron chi connectivity index (χ2n) is 11.2. The zero-order valence-corrected chi connectivity index (χ0v) is 20.7. The normalized spacial score (nSPS) is 21.0. The molecule has 0 spiro atoms. The molecule has 1 N–H and O–H groups in total. The Morgan fingerprint density at radius 3 is 2.67 bits per heavy atom. The molecule has 4 nitrogen and oxygen atoms in total. The Hall–Kier alpha value is -2.43. The lowest BCUT2D eigenvalue weighted by molar-refractivity contribution is -0.123. The molecule has 2 aliphatic rings. The second kappa shape index (κ2) is 9.44. The van der Waals surface area contributed by atoms with E-state index in [0.29, 0.717) is 18.3 Å². The van der Waals surface area contributed by atoms with Crippen molar-refractivity contribution in [1.82, 2.24) is 15.1 Å². The Kier molecular flexibility index (Phi) is 6.78. The van der Waals surface area contributed by atoms with Gasteiger partial charge in [-0.3, -0.25) is 4.79 Å². The van der Waals surface area contributed by atoms with Crippen molar-refractivity contribution in [3.63, 3.8) is 0 Å². The molecule has 0 fully saturated rings. The largest absolute Gasteiger partial charge is 0.353 e. The van der Waals surface area contributed by atoms with Gasteiger partial charge in [0.15, 0.2) is 0 Å². The van der Waals surface area contributed by atoms with Crippen LogP contribution in [-0.4, -0.2) is 21.7 Å². The number of carbonyl (C=O) groups excluding carboxylic acids is 1. The first-order chi connectivity index (χ1) is 15.7. The van der Waals surface area contributed by atoms with Crippen LogP contribution in [0.3, 0.4) is 0 Å². The summed E-state index contributed by atoms with van der Waals surface area (Å²) in [7, 11) is 0. The lowest BCUT2D eigenvalue weighted by Gasteiger charge is -2.30. The molecule has 0 saturated carbocycles. The lowest BCUT2D eigenvalue weighted by atomic mass is 9.78. The monoisotopic (exact) mass is 451 g/mol. The summed E-state index contributed by atoms with van der Waals surface area (Å²) in [6, 6.07) is 6.81. The molecule has 1 amide bonds. The molecule has 3 atom stereocenters. The van der Waals surface area contributed by atoms with E-state index in [1.54, 1.807) is 23.3 Å². The molecule has 0 saturated heterocycles. The third-order valence-electron chi connectivity index (χ3n) is 7.19. The molecular weight excluding hydrogens is 413 g/mol. The molecule has 4 rings (SSSR count). The molecule has 1 unspecified atom stereocenters. The smallest absolute Gasteiger partial charge is 0.220 e. The summed E-state index contributed by atoms with van der Waals surface area (Å²) < 4.78 is 15.4. The minimum absolute atomic E-state index is 0.00285. The van der Waals surface area contributed by atoms with Crippen molar-refractivity contribution in [2.75, 3.05) is 0 Å². The molecule has 2 aromatic rings. The van der Waals surface area contributed by atoms with Gasteiger partial charge in [-0.2, -0.15) is 5.10 Å². The van der Waals surface area contributed by atoms with E-state index in [0.717, 1.165) is 37.8 Å². The van der Waals surface area contributed by atoms with Crippen LogP contribution in [0.1, 0.15) is 90.3 Å². The predicted octanol–water partition coefficient (Wildman–Crippen LogP) is 6.49. The highest BCUT2D eigenvalue weighted by atomic mass is 19.1. The van der Waals surface area contributed by atoms with E-state index < -0.39 is 0 Å². The molecule has 1 aromatic carbocycles. The number of carbonyl (C=O) groups is 1. The average molecular weight is 452 g/mol. The van der Waals surface area contributed by atoms with Crippen LogP contribution in [0.5, 0.6) is 0 Å². The number of nitrogens with one attached hydrogen (secondary N) is 1. The topological polar surface area (TPSA) is 46.9 Å². The van der Waals surface area contributed by atoms with E-state index in [9.17, 15) is 9.18 Å². The molecule has 1 aromatic heterocycles. The minimum Gasteiger partial charge on any atom is -0.353 e. The number of halogens is 1. The van der Waals surface area contributed by atoms with E-state index in [4.69, 9.17) is 0 Å². The Balaban J connectivity index is 1.51. The number of amides is 1. The zero-order chi connectivity index (χ0) is 23.8. The standard InChI is InChI=1S/C28H38FN3O/c1-6-7-22(31-26(33)16-28(3,4)5)14-19-8-9-20-15-25-24(18(2)27(19)20)17-30-32(25)23-12-10-21(29)11-13-23/h10-13,17-19,22H,6-9,14-16H2,1-5H3,(H,31,33)/t18-,19+,22?/m0/s1. The Morgan fingerprint density at radius 1 is 1.27 bits per heavy atom. The number of fused-ring (bicyclic) bond motifs is 1. The number of allylic oxidation sites excluding steroid dienone is 2. The SMILES string of the molecule is CCCC(C[C@H]1CCC2=C1[C@@H](C)c1cnn(-c3ccc(F)cc3)c1C2)NC(=O)CC(C)(C)C. The van der Waals surface area contributed by atoms with Gasteiger partial charge in [-0.1, -0.05) is 52.2 Å². The van der Waals surface area contributed by atoms with Crippen molar-refractivity contribution in [3.8, 4) is 5.69 Å². The van der Waals surface area contributed by atoms with Crippen molar-refractivity contribution in [1.29, 1.82) is 0 Å². The first kappa shape index (κ1) is 23.7. The maximum absolute atomic E-state index is 13.4. The first-order valence-corrected chi connectivity index (χ1v) is 12.5. The summed E-state index contributed by atoms with van der Waals surface area (Å²) in [5.41, 5.74) is 6.55. The second-order valence-corrected chi connectivity index (χ2v) is 11.2. The average Bonchev–Trinajstić information content (AvgIpc) is 3.32. The zero-order valence-electron chi connectivity index (χ0n) is 20.7. The molecule has 5 heteroatoms. The molecule has 1 heterocycles. The van der Waals surface area contributed by atoms with Gasteiger partial charge in [0.05, 0.1) is 17.6 Å². The van der Waals surface area contributed by atoms with Crippen molar-refractivity contribution < 1.29 is 9.18 Å². The fraction of sp³-hybridized carbons (Fsp3) is 0.571. The van der Waals surface area contributed by atoms with Gasteiger partial charge < -0.3 is 5.32 Å². The van der Waals surface area contributed by atoms with Crippen molar-refractivity contribution >= 4 is 5.91 Å². The van der Waals surface area contributed by atoms with Gasteiger partial charge in [-0.25, -0.2) is 9.07 Å². The van der Waals surface area contributed by atoms with Gasteiger partial charge >= 0.3 is 0 Å². The minimum atomic E-state index is -0.229. The van der Waals surface area contributed by atoms with Crippen LogP contribution in [0.15, 0.2) is 41.6 Å². The summed E-state index contributed by atoms with van der Waals surface area (Å²) in [5, 5.41) is 8.03. The number of aromatic nitrogens is 2. The molecule has 178 valence electrons. The Morgan fingerprint density at radius 2 is 2.00 bits per heavy atom. The van der Waals surface area contributed by atoms with Gasteiger partial charge in [-0.15, -0.1) is 0 Å². The molecule has 33 heavy (non-hydrogen) atoms. The van der Waals surface area contributed by atoms with Crippen LogP contribution in [-0.2, 0) is 11.2 Å². The molecule has 0 radical (unpaired) electrons. The van der Waals surface area contributed by atoms with E-state index in [1.165, 1.54) is 29.8 Å². The highest BCUT2D eigenvalue weighted by Crippen LogP contribution is 2.48. The Bertz CT molecular complexity index is 1030. The summed E-state index contributed by atoms with van der Waals surface area (Å²) in [5.74, 6) is 0.794. The third-order valence-corrected chi connectivity index (χ3v) is 7.19. The van der Waals surface area contributed by atoms with E-state index in [2.05, 4.69) is 45.0 Å². The van der Waals surface area contributed by atoms with Crippen LogP contribution in [0.4, 0.5) is 4.39 Å². The van der Waals surface area contributed by atoms with Crippen LogP contribution in [0.2, 0.25) is 0 Å². The van der Waals surface area contributed by atoms with Crippen LogP contribution >= 0.6 is 0 Å². The molecule has 0 aliphatic heterocycles. The Labute approximate surface area is 197 Å². The van der Waals surface area contributed by atoms with Gasteiger partial charge in [-0.05, 0) is 61.3 Å². The molecule has 2 aliphatic carbocycles. The van der Waals surface area contributed by atoms with E-state index >= 15 is 0 Å². The van der Waals surface area contributed by atoms with Crippen LogP contribution < -0.4 is 5.32 Å². The van der Waals surface area contributed by atoms with Crippen LogP contribution in [0, 0.1) is 17.2 Å². The number of benzene rings is 1. The van der Waals surface area contributed by atoms with Crippen molar-refractivity contribution in [2.24, 2.45) is 11.3 Å². The van der Waals surface area contributed by atoms with Gasteiger partial charge in [0.25, 0.3) is 0 Å². The van der Waals surface area contributed by atoms with E-state index in [1.807, 2.05) is 10.9 Å². The maximum Gasteiger partial charge on any atom is 0.220 e. The fourth-order valence-electron chi connectivity index (χ4n) is 5.83. The summed E-state index contributed by atoms with van der Waals surface area (Å²) in [4.78, 5) is 12.6. The van der Waals surface area contributed by atoms with Crippen LogP contribution in [0.25, 0.3) is 5.69 Å². The number of hydrogen-bond donors (Lipinski definition) is 1. The maximum atomic E-state index is 13.4. The third kappa shape index (κ3) is 5.23. The highest BCUT2D eigenvalue weighted by molar-refractivity contribution is 5.76. The number of rotatable bonds is 7. The van der Waals surface area contributed by atoms with Crippen molar-refractivity contribution in [2.45, 2.75) is 91.5 Å².